The van der Waals surface area contributed by atoms with Gasteiger partial charge in [0.1, 0.15) is 11.5 Å². The molecule has 25 heavy (non-hydrogen) atoms. The van der Waals surface area contributed by atoms with Gasteiger partial charge in [-0.25, -0.2) is 0 Å². The highest BCUT2D eigenvalue weighted by molar-refractivity contribution is 5.81. The van der Waals surface area contributed by atoms with Crippen LogP contribution in [0.4, 0.5) is 0 Å². The maximum absolute atomic E-state index is 12.5. The second-order valence-corrected chi connectivity index (χ2v) is 6.13. The average molecular weight is 341 g/mol. The van der Waals surface area contributed by atoms with Crippen LogP contribution in [0.15, 0.2) is 54.6 Å². The molecule has 134 valence electrons. The lowest BCUT2D eigenvalue weighted by Gasteiger charge is -2.21. The molecule has 0 aliphatic heterocycles. The lowest BCUT2D eigenvalue weighted by atomic mass is 10.1. The number of hydrogen-bond acceptors (Lipinski definition) is 3. The Balaban J connectivity index is 1.85. The van der Waals surface area contributed by atoms with Gasteiger partial charge in [0.25, 0.3) is 5.91 Å². The first kappa shape index (κ1) is 18.8. The first-order chi connectivity index (χ1) is 12.1. The van der Waals surface area contributed by atoms with Crippen LogP contribution in [0, 0.1) is 0 Å². The third-order valence-electron chi connectivity index (χ3n) is 4.08. The van der Waals surface area contributed by atoms with Gasteiger partial charge in [0, 0.05) is 12.1 Å². The van der Waals surface area contributed by atoms with E-state index >= 15 is 0 Å². The summed E-state index contributed by atoms with van der Waals surface area (Å²) in [5, 5.41) is 3.05. The van der Waals surface area contributed by atoms with Gasteiger partial charge in [0.15, 0.2) is 6.10 Å². The van der Waals surface area contributed by atoms with Gasteiger partial charge >= 0.3 is 0 Å². The molecule has 0 aliphatic rings. The van der Waals surface area contributed by atoms with Gasteiger partial charge in [-0.1, -0.05) is 43.3 Å². The summed E-state index contributed by atoms with van der Waals surface area (Å²) in [5.41, 5.74) is 1.28. The Hall–Kier alpha value is -2.49. The van der Waals surface area contributed by atoms with Crippen LogP contribution in [-0.4, -0.2) is 25.2 Å². The van der Waals surface area contributed by atoms with Crippen LogP contribution in [0.5, 0.6) is 11.5 Å². The van der Waals surface area contributed by atoms with Crippen LogP contribution in [-0.2, 0) is 11.2 Å². The summed E-state index contributed by atoms with van der Waals surface area (Å²) in [6.45, 7) is 3.97. The van der Waals surface area contributed by atoms with Crippen LogP contribution in [0.3, 0.4) is 0 Å². The summed E-state index contributed by atoms with van der Waals surface area (Å²) in [7, 11) is 1.61. The highest BCUT2D eigenvalue weighted by Crippen LogP contribution is 2.20. The van der Waals surface area contributed by atoms with E-state index in [2.05, 4.69) is 17.4 Å². The summed E-state index contributed by atoms with van der Waals surface area (Å²) >= 11 is 0. The number of aryl methyl sites for hydroxylation is 1. The van der Waals surface area contributed by atoms with Crippen LogP contribution in [0.1, 0.15) is 32.3 Å². The lowest BCUT2D eigenvalue weighted by molar-refractivity contribution is -0.128. The van der Waals surface area contributed by atoms with Crippen molar-refractivity contribution in [3.8, 4) is 11.5 Å². The fourth-order valence-corrected chi connectivity index (χ4v) is 2.60. The quantitative estimate of drug-likeness (QED) is 0.750. The fourth-order valence-electron chi connectivity index (χ4n) is 2.60. The molecule has 0 saturated heterocycles. The molecule has 0 spiro atoms. The van der Waals surface area contributed by atoms with Crippen molar-refractivity contribution in [2.45, 2.75) is 45.3 Å². The first-order valence-electron chi connectivity index (χ1n) is 8.77. The molecule has 1 N–H and O–H groups in total. The molecule has 0 unspecified atom stereocenters. The summed E-state index contributed by atoms with van der Waals surface area (Å²) in [6.07, 6.45) is 1.93. The molecular weight excluding hydrogens is 314 g/mol. The highest BCUT2D eigenvalue weighted by Gasteiger charge is 2.20. The van der Waals surface area contributed by atoms with Crippen LogP contribution in [0.25, 0.3) is 0 Å². The first-order valence-corrected chi connectivity index (χ1v) is 8.77. The monoisotopic (exact) mass is 341 g/mol. The third-order valence-corrected chi connectivity index (χ3v) is 4.08. The van der Waals surface area contributed by atoms with Crippen molar-refractivity contribution in [1.29, 1.82) is 0 Å². The Labute approximate surface area is 150 Å². The minimum Gasteiger partial charge on any atom is -0.497 e. The number of methoxy groups -OCH3 is 1. The van der Waals surface area contributed by atoms with Crippen molar-refractivity contribution in [1.82, 2.24) is 5.32 Å². The third kappa shape index (κ3) is 6.14. The second-order valence-electron chi connectivity index (χ2n) is 6.13. The van der Waals surface area contributed by atoms with Crippen molar-refractivity contribution in [3.63, 3.8) is 0 Å². The van der Waals surface area contributed by atoms with Crippen molar-refractivity contribution in [3.05, 3.63) is 60.2 Å². The maximum atomic E-state index is 12.5. The molecule has 4 nitrogen and oxygen atoms in total. The zero-order chi connectivity index (χ0) is 18.1. The molecule has 0 aromatic heterocycles. The molecule has 4 heteroatoms. The van der Waals surface area contributed by atoms with Crippen LogP contribution < -0.4 is 14.8 Å². The van der Waals surface area contributed by atoms with Gasteiger partial charge in [0.05, 0.1) is 7.11 Å². The predicted octanol–water partition coefficient (Wildman–Crippen LogP) is 3.99. The number of ether oxygens (including phenoxy) is 2. The second kappa shape index (κ2) is 9.72. The molecule has 0 radical (unpaired) electrons. The number of carbonyl (C=O) groups is 1. The van der Waals surface area contributed by atoms with E-state index in [1.54, 1.807) is 13.2 Å². The highest BCUT2D eigenvalue weighted by atomic mass is 16.5. The number of amides is 1. The van der Waals surface area contributed by atoms with E-state index in [0.29, 0.717) is 17.9 Å². The normalized spacial score (nSPS) is 12.9. The minimum absolute atomic E-state index is 0.0779. The molecule has 0 saturated carbocycles. The summed E-state index contributed by atoms with van der Waals surface area (Å²) in [4.78, 5) is 12.5. The smallest absolute Gasteiger partial charge is 0.261 e. The van der Waals surface area contributed by atoms with E-state index in [-0.39, 0.29) is 11.9 Å². The number of hydrogen-bond donors (Lipinski definition) is 1. The predicted molar refractivity (Wildman–Crippen MR) is 100 cm³/mol. The van der Waals surface area contributed by atoms with E-state index in [9.17, 15) is 4.79 Å². The molecule has 2 rings (SSSR count). The van der Waals surface area contributed by atoms with E-state index in [1.807, 2.05) is 50.2 Å². The van der Waals surface area contributed by atoms with Gasteiger partial charge in [-0.05, 0) is 43.9 Å². The summed E-state index contributed by atoms with van der Waals surface area (Å²) < 4.78 is 11.0. The van der Waals surface area contributed by atoms with Crippen molar-refractivity contribution in [2.24, 2.45) is 0 Å². The van der Waals surface area contributed by atoms with Crippen LogP contribution in [0.2, 0.25) is 0 Å². The van der Waals surface area contributed by atoms with Gasteiger partial charge < -0.3 is 14.8 Å². The molecule has 0 heterocycles. The molecule has 2 atom stereocenters. The van der Waals surface area contributed by atoms with Crippen molar-refractivity contribution < 1.29 is 14.3 Å². The Morgan fingerprint density at radius 3 is 2.48 bits per heavy atom. The van der Waals surface area contributed by atoms with E-state index < -0.39 is 6.10 Å². The molecule has 2 aromatic rings. The average Bonchev–Trinajstić information content (AvgIpc) is 2.65. The van der Waals surface area contributed by atoms with E-state index in [4.69, 9.17) is 9.47 Å². The zero-order valence-corrected chi connectivity index (χ0v) is 15.2. The van der Waals surface area contributed by atoms with E-state index in [1.165, 1.54) is 5.56 Å². The topological polar surface area (TPSA) is 47.6 Å². The number of rotatable bonds is 9. The molecule has 0 fully saturated rings. The van der Waals surface area contributed by atoms with Crippen LogP contribution >= 0.6 is 0 Å². The molecule has 2 aromatic carbocycles. The number of nitrogens with one attached hydrogen (secondary N) is 1. The number of benzene rings is 2. The Kier molecular flexibility index (Phi) is 7.33. The lowest BCUT2D eigenvalue weighted by Crippen LogP contribution is -2.42. The summed E-state index contributed by atoms with van der Waals surface area (Å²) in [6, 6.07) is 17.7. The summed E-state index contributed by atoms with van der Waals surface area (Å²) in [5.74, 6) is 1.27. The SMILES string of the molecule is CC[C@@H](Oc1cccc(OC)c1)C(=O)N[C@@H](C)CCc1ccccc1. The number of carbonyl (C=O) groups excluding carboxylic acids is 1. The van der Waals surface area contributed by atoms with Gasteiger partial charge in [-0.15, -0.1) is 0 Å². The Morgan fingerprint density at radius 2 is 1.80 bits per heavy atom. The zero-order valence-electron chi connectivity index (χ0n) is 15.2. The maximum Gasteiger partial charge on any atom is 0.261 e. The molecular formula is C21H27NO3. The molecule has 1 amide bonds. The van der Waals surface area contributed by atoms with E-state index in [0.717, 1.165) is 12.8 Å². The largest absolute Gasteiger partial charge is 0.497 e. The minimum atomic E-state index is -0.508. The van der Waals surface area contributed by atoms with Gasteiger partial charge in [-0.2, -0.15) is 0 Å². The van der Waals surface area contributed by atoms with Crippen molar-refractivity contribution >= 4 is 5.91 Å². The van der Waals surface area contributed by atoms with Gasteiger partial charge in [0.2, 0.25) is 0 Å². The standard InChI is InChI=1S/C21H27NO3/c1-4-20(25-19-12-8-11-18(15-19)24-3)21(23)22-16(2)13-14-17-9-6-5-7-10-17/h5-12,15-16,20H,4,13-14H2,1-3H3,(H,22,23)/t16-,20+/m0/s1. The van der Waals surface area contributed by atoms with Gasteiger partial charge in [-0.3, -0.25) is 4.79 Å². The van der Waals surface area contributed by atoms with Crippen molar-refractivity contribution in [2.75, 3.05) is 7.11 Å². The molecule has 0 aliphatic carbocycles. The Morgan fingerprint density at radius 1 is 1.08 bits per heavy atom. The molecule has 0 bridgehead atoms. The fraction of sp³-hybridized carbons (Fsp3) is 0.381. The Bertz CT molecular complexity index is 657.